The lowest BCUT2D eigenvalue weighted by Crippen LogP contribution is -2.14. The van der Waals surface area contributed by atoms with Crippen molar-refractivity contribution in [3.05, 3.63) is 55.9 Å². The van der Waals surface area contributed by atoms with Crippen LogP contribution in [0.2, 0.25) is 5.02 Å². The van der Waals surface area contributed by atoms with Crippen LogP contribution in [0.25, 0.3) is 0 Å². The summed E-state index contributed by atoms with van der Waals surface area (Å²) in [6.07, 6.45) is 1.09. The van der Waals surface area contributed by atoms with Gasteiger partial charge in [-0.1, -0.05) is 46.6 Å². The number of rotatable bonds is 6. The molecule has 0 saturated heterocycles. The highest BCUT2D eigenvalue weighted by molar-refractivity contribution is 9.11. The van der Waals surface area contributed by atoms with Crippen molar-refractivity contribution in [2.24, 2.45) is 0 Å². The first kappa shape index (κ1) is 16.8. The van der Waals surface area contributed by atoms with Crippen LogP contribution in [0.4, 0.5) is 0 Å². The summed E-state index contributed by atoms with van der Waals surface area (Å²) in [4.78, 5) is 0. The molecule has 2 nitrogen and oxygen atoms in total. The highest BCUT2D eigenvalue weighted by atomic mass is 79.9. The van der Waals surface area contributed by atoms with Gasteiger partial charge >= 0.3 is 0 Å². The van der Waals surface area contributed by atoms with E-state index in [0.717, 1.165) is 39.8 Å². The molecule has 2 aromatic rings. The number of nitrogens with one attached hydrogen (secondary N) is 1. The number of hydrogen-bond acceptors (Lipinski definition) is 2. The third-order valence-electron chi connectivity index (χ3n) is 2.90. The molecule has 0 radical (unpaired) electrons. The fourth-order valence-electron chi connectivity index (χ4n) is 1.87. The van der Waals surface area contributed by atoms with Gasteiger partial charge in [0.05, 0.1) is 9.50 Å². The smallest absolute Gasteiger partial charge is 0.150 e. The zero-order chi connectivity index (χ0) is 15.2. The molecule has 21 heavy (non-hydrogen) atoms. The molecule has 0 fully saturated rings. The second-order valence-electron chi connectivity index (χ2n) is 4.58. The third-order valence-corrected chi connectivity index (χ3v) is 4.31. The molecular weight excluding hydrogens is 417 g/mol. The van der Waals surface area contributed by atoms with E-state index in [1.165, 1.54) is 0 Å². The average Bonchev–Trinajstić information content (AvgIpc) is 2.45. The minimum atomic E-state index is 0.612. The van der Waals surface area contributed by atoms with Crippen LogP contribution >= 0.6 is 43.5 Å². The maximum absolute atomic E-state index is 6.30. The molecule has 0 spiro atoms. The molecule has 0 atom stereocenters. The number of ether oxygens (including phenoxy) is 1. The van der Waals surface area contributed by atoms with Gasteiger partial charge in [0.15, 0.2) is 5.75 Å². The topological polar surface area (TPSA) is 21.3 Å². The predicted octanol–water partition coefficient (Wildman–Crippen LogP) is 6.16. The largest absolute Gasteiger partial charge is 0.454 e. The summed E-state index contributed by atoms with van der Waals surface area (Å²) in [6.45, 7) is 3.84. The molecule has 0 unspecified atom stereocenters. The lowest BCUT2D eigenvalue weighted by molar-refractivity contribution is 0.470. The lowest BCUT2D eigenvalue weighted by atomic mass is 10.2. The Labute approximate surface area is 147 Å². The molecule has 0 aromatic heterocycles. The summed E-state index contributed by atoms with van der Waals surface area (Å²) in [5, 5.41) is 3.98. The SMILES string of the molecule is CCCNCc1cccc(Cl)c1Oc1ccc(Br)cc1Br. The summed E-state index contributed by atoms with van der Waals surface area (Å²) >= 11 is 13.2. The van der Waals surface area contributed by atoms with E-state index in [9.17, 15) is 0 Å². The standard InChI is InChI=1S/C16H16Br2ClNO/c1-2-8-20-10-11-4-3-5-14(19)16(11)21-15-7-6-12(17)9-13(15)18/h3-7,9,20H,2,8,10H2,1H3. The molecule has 1 N–H and O–H groups in total. The molecule has 112 valence electrons. The Bertz CT molecular complexity index is 619. The number of benzene rings is 2. The summed E-state index contributed by atoms with van der Waals surface area (Å²) in [5.74, 6) is 1.44. The fraction of sp³-hybridized carbons (Fsp3) is 0.250. The molecule has 0 aliphatic rings. The first-order valence-corrected chi connectivity index (χ1v) is 8.69. The van der Waals surface area contributed by atoms with Crippen molar-refractivity contribution in [2.75, 3.05) is 6.54 Å². The van der Waals surface area contributed by atoms with E-state index in [1.807, 2.05) is 36.4 Å². The van der Waals surface area contributed by atoms with Gasteiger partial charge in [-0.2, -0.15) is 0 Å². The first-order chi connectivity index (χ1) is 10.1. The number of halogens is 3. The van der Waals surface area contributed by atoms with Crippen LogP contribution < -0.4 is 10.1 Å². The first-order valence-electron chi connectivity index (χ1n) is 6.73. The van der Waals surface area contributed by atoms with Gasteiger partial charge in [0.25, 0.3) is 0 Å². The molecule has 5 heteroatoms. The summed E-state index contributed by atoms with van der Waals surface area (Å²) < 4.78 is 7.89. The van der Waals surface area contributed by atoms with E-state index in [-0.39, 0.29) is 0 Å². The van der Waals surface area contributed by atoms with Gasteiger partial charge < -0.3 is 10.1 Å². The molecule has 0 aliphatic carbocycles. The van der Waals surface area contributed by atoms with Crippen molar-refractivity contribution < 1.29 is 4.74 Å². The van der Waals surface area contributed by atoms with Crippen molar-refractivity contribution in [2.45, 2.75) is 19.9 Å². The number of hydrogen-bond donors (Lipinski definition) is 1. The quantitative estimate of drug-likeness (QED) is 0.551. The van der Waals surface area contributed by atoms with Crippen LogP contribution in [0.3, 0.4) is 0 Å². The zero-order valence-corrected chi connectivity index (χ0v) is 15.6. The van der Waals surface area contributed by atoms with Crippen LogP contribution in [0.15, 0.2) is 45.3 Å². The summed E-state index contributed by atoms with van der Waals surface area (Å²) in [6, 6.07) is 11.6. The van der Waals surface area contributed by atoms with Crippen LogP contribution in [-0.4, -0.2) is 6.54 Å². The maximum atomic E-state index is 6.30. The van der Waals surface area contributed by atoms with E-state index in [0.29, 0.717) is 10.8 Å². The van der Waals surface area contributed by atoms with Crippen LogP contribution in [0.5, 0.6) is 11.5 Å². The van der Waals surface area contributed by atoms with Crippen molar-refractivity contribution in [1.82, 2.24) is 5.32 Å². The molecule has 0 heterocycles. The maximum Gasteiger partial charge on any atom is 0.150 e. The zero-order valence-electron chi connectivity index (χ0n) is 11.6. The van der Waals surface area contributed by atoms with Crippen LogP contribution in [0, 0.1) is 0 Å². The second kappa shape index (κ2) is 8.18. The summed E-state index contributed by atoms with van der Waals surface area (Å²) in [7, 11) is 0. The Balaban J connectivity index is 2.25. The Morgan fingerprint density at radius 2 is 2.00 bits per heavy atom. The monoisotopic (exact) mass is 431 g/mol. The molecule has 0 saturated carbocycles. The summed E-state index contributed by atoms with van der Waals surface area (Å²) in [5.41, 5.74) is 1.05. The molecule has 0 aliphatic heterocycles. The Morgan fingerprint density at radius 1 is 1.19 bits per heavy atom. The van der Waals surface area contributed by atoms with Gasteiger partial charge in [-0.3, -0.25) is 0 Å². The Morgan fingerprint density at radius 3 is 2.71 bits per heavy atom. The van der Waals surface area contributed by atoms with Crippen molar-refractivity contribution in [3.63, 3.8) is 0 Å². The van der Waals surface area contributed by atoms with E-state index in [2.05, 4.69) is 44.1 Å². The molecule has 0 bridgehead atoms. The van der Waals surface area contributed by atoms with Gasteiger partial charge in [-0.15, -0.1) is 0 Å². The third kappa shape index (κ3) is 4.71. The molecular formula is C16H16Br2ClNO. The van der Waals surface area contributed by atoms with Gasteiger partial charge in [0.1, 0.15) is 5.75 Å². The van der Waals surface area contributed by atoms with E-state index in [1.54, 1.807) is 0 Å². The Hall–Kier alpha value is -0.550. The van der Waals surface area contributed by atoms with E-state index < -0.39 is 0 Å². The lowest BCUT2D eigenvalue weighted by Gasteiger charge is -2.14. The van der Waals surface area contributed by atoms with Crippen molar-refractivity contribution in [3.8, 4) is 11.5 Å². The average molecular weight is 434 g/mol. The van der Waals surface area contributed by atoms with Crippen LogP contribution in [0.1, 0.15) is 18.9 Å². The minimum absolute atomic E-state index is 0.612. The second-order valence-corrected chi connectivity index (χ2v) is 6.76. The fourth-order valence-corrected chi connectivity index (χ4v) is 3.24. The van der Waals surface area contributed by atoms with Crippen LogP contribution in [-0.2, 0) is 6.54 Å². The van der Waals surface area contributed by atoms with E-state index in [4.69, 9.17) is 16.3 Å². The highest BCUT2D eigenvalue weighted by Gasteiger charge is 2.11. The Kier molecular flexibility index (Phi) is 6.55. The van der Waals surface area contributed by atoms with Gasteiger partial charge in [-0.25, -0.2) is 0 Å². The van der Waals surface area contributed by atoms with Gasteiger partial charge in [-0.05, 0) is 53.2 Å². The van der Waals surface area contributed by atoms with E-state index >= 15 is 0 Å². The number of para-hydroxylation sites is 1. The molecule has 2 rings (SSSR count). The highest BCUT2D eigenvalue weighted by Crippen LogP contribution is 2.37. The predicted molar refractivity (Wildman–Crippen MR) is 95.4 cm³/mol. The van der Waals surface area contributed by atoms with Gasteiger partial charge in [0.2, 0.25) is 0 Å². The molecule has 2 aromatic carbocycles. The van der Waals surface area contributed by atoms with Crippen molar-refractivity contribution in [1.29, 1.82) is 0 Å². The normalized spacial score (nSPS) is 10.7. The van der Waals surface area contributed by atoms with Crippen molar-refractivity contribution >= 4 is 43.5 Å². The minimum Gasteiger partial charge on any atom is -0.454 e. The molecule has 0 amide bonds. The van der Waals surface area contributed by atoms with Gasteiger partial charge in [0, 0.05) is 16.6 Å².